The molecule has 0 aromatic heterocycles. The summed E-state index contributed by atoms with van der Waals surface area (Å²) in [5, 5.41) is 14.5. The minimum absolute atomic E-state index is 0.117. The van der Waals surface area contributed by atoms with E-state index >= 15 is 0 Å². The van der Waals surface area contributed by atoms with Crippen LogP contribution in [0.15, 0.2) is 30.3 Å². The number of anilines is 2. The number of non-ortho nitro benzene ring substituents is 1. The number of imide groups is 1. The zero-order valence-electron chi connectivity index (χ0n) is 18.5. The molecule has 0 radical (unpaired) electrons. The van der Waals surface area contributed by atoms with Gasteiger partial charge in [0.05, 0.1) is 33.2 Å². The molecular formula is C24H21ClN4O5. The summed E-state index contributed by atoms with van der Waals surface area (Å²) in [5.74, 6) is -2.74. The summed E-state index contributed by atoms with van der Waals surface area (Å²) in [4.78, 5) is 55.4. The first kappa shape index (κ1) is 21.2. The molecule has 3 amide bonds. The van der Waals surface area contributed by atoms with E-state index in [2.05, 4.69) is 5.32 Å². The predicted molar refractivity (Wildman–Crippen MR) is 124 cm³/mol. The molecule has 4 aliphatic heterocycles. The van der Waals surface area contributed by atoms with Crippen LogP contribution in [-0.4, -0.2) is 40.1 Å². The summed E-state index contributed by atoms with van der Waals surface area (Å²) in [7, 11) is 0. The van der Waals surface area contributed by atoms with Crippen molar-refractivity contribution in [2.24, 2.45) is 11.8 Å². The molecule has 6 rings (SSSR count). The number of nitro benzene ring substituents is 1. The summed E-state index contributed by atoms with van der Waals surface area (Å²) in [6.45, 7) is 4.12. The van der Waals surface area contributed by atoms with Crippen molar-refractivity contribution in [2.75, 3.05) is 16.8 Å². The maximum absolute atomic E-state index is 14.0. The molecule has 4 heterocycles. The molecule has 174 valence electrons. The van der Waals surface area contributed by atoms with Gasteiger partial charge in [-0.2, -0.15) is 0 Å². The lowest BCUT2D eigenvalue weighted by Crippen LogP contribution is -2.54. The van der Waals surface area contributed by atoms with Crippen LogP contribution in [0.2, 0.25) is 5.02 Å². The van der Waals surface area contributed by atoms with E-state index in [1.807, 2.05) is 17.9 Å². The number of nitrogens with zero attached hydrogens (tertiary/aromatic N) is 3. The molecule has 34 heavy (non-hydrogen) atoms. The van der Waals surface area contributed by atoms with Crippen molar-refractivity contribution in [1.82, 2.24) is 4.90 Å². The van der Waals surface area contributed by atoms with Crippen molar-refractivity contribution in [3.8, 4) is 0 Å². The average molecular weight is 481 g/mol. The normalized spacial score (nSPS) is 29.6. The largest absolute Gasteiger partial charge is 0.323 e. The fourth-order valence-electron chi connectivity index (χ4n) is 6.64. The van der Waals surface area contributed by atoms with Crippen molar-refractivity contribution < 1.29 is 19.3 Å². The highest BCUT2D eigenvalue weighted by Crippen LogP contribution is 2.61. The van der Waals surface area contributed by atoms with Crippen LogP contribution in [0.5, 0.6) is 0 Å². The van der Waals surface area contributed by atoms with Crippen LogP contribution in [0.25, 0.3) is 0 Å². The van der Waals surface area contributed by atoms with Gasteiger partial charge in [-0.1, -0.05) is 17.7 Å². The highest BCUT2D eigenvalue weighted by molar-refractivity contribution is 6.35. The topological polar surface area (TPSA) is 113 Å². The van der Waals surface area contributed by atoms with E-state index in [1.165, 1.54) is 18.2 Å². The van der Waals surface area contributed by atoms with E-state index in [0.29, 0.717) is 40.5 Å². The number of hydrogen-bond acceptors (Lipinski definition) is 6. The van der Waals surface area contributed by atoms with E-state index in [9.17, 15) is 24.5 Å². The maximum atomic E-state index is 14.0. The zero-order valence-corrected chi connectivity index (χ0v) is 19.3. The first-order valence-electron chi connectivity index (χ1n) is 11.2. The number of rotatable bonds is 2. The van der Waals surface area contributed by atoms with Crippen LogP contribution in [-0.2, 0) is 19.9 Å². The number of halogens is 1. The highest BCUT2D eigenvalue weighted by Gasteiger charge is 2.74. The Balaban J connectivity index is 1.54. The number of carbonyl (C=O) groups is 3. The molecule has 9 nitrogen and oxygen atoms in total. The summed E-state index contributed by atoms with van der Waals surface area (Å²) >= 11 is 6.49. The molecule has 0 unspecified atom stereocenters. The first-order chi connectivity index (χ1) is 16.2. The molecule has 1 N–H and O–H groups in total. The second kappa shape index (κ2) is 6.86. The van der Waals surface area contributed by atoms with Gasteiger partial charge in [-0.25, -0.2) is 4.90 Å². The molecule has 1 spiro atoms. The van der Waals surface area contributed by atoms with Gasteiger partial charge in [-0.15, -0.1) is 0 Å². The molecule has 0 bridgehead atoms. The minimum Gasteiger partial charge on any atom is -0.323 e. The number of aryl methyl sites for hydroxylation is 2. The molecule has 0 aliphatic carbocycles. The van der Waals surface area contributed by atoms with Gasteiger partial charge in [-0.3, -0.25) is 29.4 Å². The quantitative estimate of drug-likeness (QED) is 0.401. The second-order valence-corrected chi connectivity index (χ2v) is 9.94. The third kappa shape index (κ3) is 2.40. The maximum Gasteiger partial charge on any atom is 0.269 e. The van der Waals surface area contributed by atoms with Crippen molar-refractivity contribution in [1.29, 1.82) is 0 Å². The molecule has 4 atom stereocenters. The Morgan fingerprint density at radius 3 is 2.62 bits per heavy atom. The van der Waals surface area contributed by atoms with Gasteiger partial charge < -0.3 is 5.32 Å². The number of carbonyl (C=O) groups excluding carboxylic acids is 3. The molecule has 3 saturated heterocycles. The number of fused-ring (bicyclic) bond motifs is 7. The average Bonchev–Trinajstić information content (AvgIpc) is 3.48. The minimum atomic E-state index is -1.31. The molecule has 0 saturated carbocycles. The summed E-state index contributed by atoms with van der Waals surface area (Å²) in [6, 6.07) is 7.47. The third-order valence-electron chi connectivity index (χ3n) is 7.83. The summed E-state index contributed by atoms with van der Waals surface area (Å²) < 4.78 is 0. The number of amides is 3. The fraction of sp³-hybridized carbons (Fsp3) is 0.375. The predicted octanol–water partition coefficient (Wildman–Crippen LogP) is 3.30. The van der Waals surface area contributed by atoms with E-state index in [0.717, 1.165) is 16.9 Å². The van der Waals surface area contributed by atoms with Crippen molar-refractivity contribution in [3.05, 3.63) is 62.2 Å². The van der Waals surface area contributed by atoms with Gasteiger partial charge in [-0.05, 0) is 56.5 Å². The van der Waals surface area contributed by atoms with Crippen LogP contribution in [0, 0.1) is 35.8 Å². The van der Waals surface area contributed by atoms with Gasteiger partial charge in [0.15, 0.2) is 0 Å². The van der Waals surface area contributed by atoms with Crippen LogP contribution in [0.4, 0.5) is 17.1 Å². The zero-order chi connectivity index (χ0) is 24.1. The Kier molecular flexibility index (Phi) is 4.29. The number of benzene rings is 2. The molecule has 2 aromatic carbocycles. The van der Waals surface area contributed by atoms with Crippen LogP contribution < -0.4 is 10.2 Å². The Labute approximate surface area is 199 Å². The number of nitrogens with one attached hydrogen (secondary N) is 1. The van der Waals surface area contributed by atoms with Gasteiger partial charge in [0.25, 0.3) is 11.6 Å². The van der Waals surface area contributed by atoms with E-state index in [-0.39, 0.29) is 23.5 Å². The Morgan fingerprint density at radius 2 is 1.91 bits per heavy atom. The van der Waals surface area contributed by atoms with Crippen molar-refractivity contribution in [3.63, 3.8) is 0 Å². The molecule has 3 fully saturated rings. The number of nitro groups is 1. The summed E-state index contributed by atoms with van der Waals surface area (Å²) in [6.07, 6.45) is 1.52. The number of hydrogen-bond donors (Lipinski definition) is 1. The second-order valence-electron chi connectivity index (χ2n) is 9.54. The SMILES string of the molecule is Cc1cc(Cl)c2c(c1)[C@@]1(C(=O)N2)[C@@H]2C(=O)N(c3ccc([N+](=O)[O-])cc3C)C(=O)[C@@H]2[C@H]2CCCN21. The smallest absolute Gasteiger partial charge is 0.269 e. The van der Waals surface area contributed by atoms with Crippen molar-refractivity contribution >= 4 is 46.4 Å². The standard InChI is InChI=1S/C24H21ClN4O5/c1-11-8-14-20(15(25)9-11)26-23(32)24(14)19-18(17-4-3-7-27(17)24)21(30)28(22(19)31)16-6-5-13(29(33)34)10-12(16)2/h5-6,8-10,17-19H,3-4,7H2,1-2H3,(H,26,32)/t17-,18-,19+,24+/m1/s1. The Hall–Kier alpha value is -3.30. The van der Waals surface area contributed by atoms with Crippen molar-refractivity contribution in [2.45, 2.75) is 38.3 Å². The molecule has 10 heteroatoms. The Morgan fingerprint density at radius 1 is 1.15 bits per heavy atom. The lowest BCUT2D eigenvalue weighted by molar-refractivity contribution is -0.384. The first-order valence-corrected chi connectivity index (χ1v) is 11.6. The van der Waals surface area contributed by atoms with E-state index in [1.54, 1.807) is 13.0 Å². The fourth-order valence-corrected chi connectivity index (χ4v) is 6.96. The summed E-state index contributed by atoms with van der Waals surface area (Å²) in [5.41, 5.74) is 1.33. The van der Waals surface area contributed by atoms with Gasteiger partial charge in [0, 0.05) is 23.7 Å². The molecule has 4 aliphatic rings. The van der Waals surface area contributed by atoms with Crippen LogP contribution in [0.3, 0.4) is 0 Å². The molecular weight excluding hydrogens is 460 g/mol. The highest BCUT2D eigenvalue weighted by atomic mass is 35.5. The lowest BCUT2D eigenvalue weighted by atomic mass is 9.75. The van der Waals surface area contributed by atoms with E-state index in [4.69, 9.17) is 11.6 Å². The lowest BCUT2D eigenvalue weighted by Gasteiger charge is -2.37. The van der Waals surface area contributed by atoms with E-state index < -0.39 is 28.2 Å². The third-order valence-corrected chi connectivity index (χ3v) is 8.13. The van der Waals surface area contributed by atoms with Gasteiger partial charge >= 0.3 is 0 Å². The van der Waals surface area contributed by atoms with Gasteiger partial charge in [0.1, 0.15) is 5.54 Å². The van der Waals surface area contributed by atoms with Crippen LogP contribution >= 0.6 is 11.6 Å². The van der Waals surface area contributed by atoms with Crippen LogP contribution in [0.1, 0.15) is 29.5 Å². The monoisotopic (exact) mass is 480 g/mol. The molecule has 2 aromatic rings. The van der Waals surface area contributed by atoms with Gasteiger partial charge in [0.2, 0.25) is 11.8 Å². The Bertz CT molecular complexity index is 1340.